The Labute approximate surface area is 90.8 Å². The van der Waals surface area contributed by atoms with Crippen LogP contribution < -0.4 is 0 Å². The number of sulfonamides is 1. The Kier molecular flexibility index (Phi) is 2.80. The number of benzene rings is 1. The first kappa shape index (κ1) is 10.6. The molecular formula is C11H15NO2S. The first-order chi connectivity index (χ1) is 7.13. The summed E-state index contributed by atoms with van der Waals surface area (Å²) in [6, 6.07) is 8.04. The highest BCUT2D eigenvalue weighted by atomic mass is 32.2. The van der Waals surface area contributed by atoms with Crippen LogP contribution in [0.15, 0.2) is 24.3 Å². The maximum atomic E-state index is 11.7. The van der Waals surface area contributed by atoms with E-state index in [0.717, 1.165) is 12.0 Å². The molecule has 0 aromatic heterocycles. The summed E-state index contributed by atoms with van der Waals surface area (Å²) in [5.41, 5.74) is 2.42. The molecule has 1 heterocycles. The Hall–Kier alpha value is -0.870. The van der Waals surface area contributed by atoms with Crippen molar-refractivity contribution in [2.24, 2.45) is 0 Å². The molecule has 15 heavy (non-hydrogen) atoms. The summed E-state index contributed by atoms with van der Waals surface area (Å²) >= 11 is 0. The standard InChI is InChI=1S/C11H15NO2S/c1-2-15(13,14)12-8-7-10-5-3-4-6-11(10)9-12/h3-6H,2,7-9H2,1H3. The summed E-state index contributed by atoms with van der Waals surface area (Å²) in [5.74, 6) is 0.190. The average Bonchev–Trinajstić information content (AvgIpc) is 2.28. The van der Waals surface area contributed by atoms with Gasteiger partial charge < -0.3 is 0 Å². The second kappa shape index (κ2) is 3.94. The van der Waals surface area contributed by atoms with E-state index < -0.39 is 10.0 Å². The van der Waals surface area contributed by atoms with E-state index in [1.807, 2.05) is 18.2 Å². The molecule has 0 fully saturated rings. The zero-order valence-corrected chi connectivity index (χ0v) is 9.63. The van der Waals surface area contributed by atoms with Gasteiger partial charge in [-0.3, -0.25) is 0 Å². The van der Waals surface area contributed by atoms with E-state index >= 15 is 0 Å². The molecule has 0 bridgehead atoms. The Balaban J connectivity index is 2.27. The van der Waals surface area contributed by atoms with Gasteiger partial charge in [-0.2, -0.15) is 4.31 Å². The van der Waals surface area contributed by atoms with Gasteiger partial charge in [-0.15, -0.1) is 0 Å². The molecule has 3 nitrogen and oxygen atoms in total. The van der Waals surface area contributed by atoms with Crippen molar-refractivity contribution < 1.29 is 8.42 Å². The number of rotatable bonds is 2. The molecule has 1 aromatic carbocycles. The fourth-order valence-electron chi connectivity index (χ4n) is 1.89. The maximum Gasteiger partial charge on any atom is 0.214 e. The van der Waals surface area contributed by atoms with Crippen LogP contribution in [0.1, 0.15) is 18.1 Å². The van der Waals surface area contributed by atoms with E-state index in [0.29, 0.717) is 13.1 Å². The minimum Gasteiger partial charge on any atom is -0.212 e. The normalized spacial score (nSPS) is 17.4. The molecule has 0 saturated heterocycles. The third kappa shape index (κ3) is 2.06. The highest BCUT2D eigenvalue weighted by Crippen LogP contribution is 2.20. The molecule has 0 N–H and O–H groups in total. The number of fused-ring (bicyclic) bond motifs is 1. The molecule has 0 spiro atoms. The van der Waals surface area contributed by atoms with Gasteiger partial charge in [-0.05, 0) is 24.5 Å². The molecule has 0 radical (unpaired) electrons. The lowest BCUT2D eigenvalue weighted by Crippen LogP contribution is -2.36. The zero-order valence-electron chi connectivity index (χ0n) is 8.81. The minimum atomic E-state index is -3.03. The largest absolute Gasteiger partial charge is 0.214 e. The molecule has 2 rings (SSSR count). The van der Waals surface area contributed by atoms with Crippen LogP contribution in [0, 0.1) is 0 Å². The topological polar surface area (TPSA) is 37.4 Å². The lowest BCUT2D eigenvalue weighted by atomic mass is 10.0. The van der Waals surface area contributed by atoms with Crippen LogP contribution in [0.4, 0.5) is 0 Å². The monoisotopic (exact) mass is 225 g/mol. The van der Waals surface area contributed by atoms with E-state index in [1.54, 1.807) is 11.2 Å². The van der Waals surface area contributed by atoms with Gasteiger partial charge in [0.1, 0.15) is 0 Å². The number of hydrogen-bond donors (Lipinski definition) is 0. The van der Waals surface area contributed by atoms with Crippen molar-refractivity contribution >= 4 is 10.0 Å². The van der Waals surface area contributed by atoms with Crippen LogP contribution in [-0.2, 0) is 23.0 Å². The van der Waals surface area contributed by atoms with E-state index in [9.17, 15) is 8.42 Å². The van der Waals surface area contributed by atoms with Gasteiger partial charge in [0.05, 0.1) is 5.75 Å². The second-order valence-corrected chi connectivity index (χ2v) is 6.01. The van der Waals surface area contributed by atoms with Gasteiger partial charge >= 0.3 is 0 Å². The first-order valence-electron chi connectivity index (χ1n) is 5.18. The van der Waals surface area contributed by atoms with Crippen LogP contribution in [0.25, 0.3) is 0 Å². The van der Waals surface area contributed by atoms with Crippen molar-refractivity contribution in [3.05, 3.63) is 35.4 Å². The molecule has 0 unspecified atom stereocenters. The van der Waals surface area contributed by atoms with Gasteiger partial charge in [0.2, 0.25) is 10.0 Å². The highest BCUT2D eigenvalue weighted by molar-refractivity contribution is 7.89. The fraction of sp³-hybridized carbons (Fsp3) is 0.455. The third-order valence-corrected chi connectivity index (χ3v) is 4.68. The number of hydrogen-bond acceptors (Lipinski definition) is 2. The summed E-state index contributed by atoms with van der Waals surface area (Å²) in [6.07, 6.45) is 0.829. The van der Waals surface area contributed by atoms with E-state index in [2.05, 4.69) is 6.07 Å². The molecule has 1 aliphatic rings. The van der Waals surface area contributed by atoms with Crippen LogP contribution in [-0.4, -0.2) is 25.0 Å². The lowest BCUT2D eigenvalue weighted by Gasteiger charge is -2.27. The molecule has 1 aromatic rings. The van der Waals surface area contributed by atoms with E-state index in [-0.39, 0.29) is 5.75 Å². The SMILES string of the molecule is CCS(=O)(=O)N1CCc2ccccc2C1. The summed E-state index contributed by atoms with van der Waals surface area (Å²) in [7, 11) is -3.03. The van der Waals surface area contributed by atoms with Crippen molar-refractivity contribution in [1.29, 1.82) is 0 Å². The van der Waals surface area contributed by atoms with Crippen molar-refractivity contribution in [3.8, 4) is 0 Å². The smallest absolute Gasteiger partial charge is 0.212 e. The van der Waals surface area contributed by atoms with Crippen LogP contribution in [0.5, 0.6) is 0 Å². The van der Waals surface area contributed by atoms with Crippen LogP contribution in [0.3, 0.4) is 0 Å². The molecule has 0 atom stereocenters. The zero-order chi connectivity index (χ0) is 10.9. The highest BCUT2D eigenvalue weighted by Gasteiger charge is 2.24. The van der Waals surface area contributed by atoms with Crippen molar-refractivity contribution in [3.63, 3.8) is 0 Å². The first-order valence-corrected chi connectivity index (χ1v) is 6.79. The van der Waals surface area contributed by atoms with E-state index in [4.69, 9.17) is 0 Å². The van der Waals surface area contributed by atoms with Gasteiger partial charge in [0, 0.05) is 13.1 Å². The molecule has 0 aliphatic carbocycles. The maximum absolute atomic E-state index is 11.7. The predicted molar refractivity (Wildman–Crippen MR) is 60.0 cm³/mol. The molecule has 4 heteroatoms. The molecule has 82 valence electrons. The van der Waals surface area contributed by atoms with Crippen molar-refractivity contribution in [1.82, 2.24) is 4.31 Å². The minimum absolute atomic E-state index is 0.190. The number of nitrogens with zero attached hydrogens (tertiary/aromatic N) is 1. The van der Waals surface area contributed by atoms with Gasteiger partial charge in [0.15, 0.2) is 0 Å². The van der Waals surface area contributed by atoms with Gasteiger partial charge in [0.25, 0.3) is 0 Å². The Morgan fingerprint density at radius 3 is 2.60 bits per heavy atom. The Morgan fingerprint density at radius 1 is 1.27 bits per heavy atom. The quantitative estimate of drug-likeness (QED) is 0.763. The third-order valence-electron chi connectivity index (χ3n) is 2.85. The summed E-state index contributed by atoms with van der Waals surface area (Å²) in [4.78, 5) is 0. The van der Waals surface area contributed by atoms with Gasteiger partial charge in [-0.25, -0.2) is 8.42 Å². The van der Waals surface area contributed by atoms with Crippen LogP contribution in [0.2, 0.25) is 0 Å². The van der Waals surface area contributed by atoms with Crippen molar-refractivity contribution in [2.75, 3.05) is 12.3 Å². The summed E-state index contributed by atoms with van der Waals surface area (Å²) in [6.45, 7) is 2.84. The molecular weight excluding hydrogens is 210 g/mol. The average molecular weight is 225 g/mol. The molecule has 1 aliphatic heterocycles. The lowest BCUT2D eigenvalue weighted by molar-refractivity contribution is 0.392. The fourth-order valence-corrected chi connectivity index (χ4v) is 2.96. The van der Waals surface area contributed by atoms with Crippen LogP contribution >= 0.6 is 0 Å². The Bertz CT molecular complexity index is 453. The second-order valence-electron chi connectivity index (χ2n) is 3.75. The van der Waals surface area contributed by atoms with Crippen molar-refractivity contribution in [2.45, 2.75) is 19.9 Å². The summed E-state index contributed by atoms with van der Waals surface area (Å²) in [5, 5.41) is 0. The predicted octanol–water partition coefficient (Wildman–Crippen LogP) is 1.39. The summed E-state index contributed by atoms with van der Waals surface area (Å²) < 4.78 is 25.0. The molecule has 0 saturated carbocycles. The molecule has 0 amide bonds. The van der Waals surface area contributed by atoms with Gasteiger partial charge in [-0.1, -0.05) is 24.3 Å². The Morgan fingerprint density at radius 2 is 1.93 bits per heavy atom. The van der Waals surface area contributed by atoms with E-state index in [1.165, 1.54) is 5.56 Å².